The molecule has 14 heavy (non-hydrogen) atoms. The van der Waals surface area contributed by atoms with Gasteiger partial charge in [-0.25, -0.2) is 13.6 Å². The van der Waals surface area contributed by atoms with Crippen molar-refractivity contribution >= 4 is 21.0 Å². The van der Waals surface area contributed by atoms with Crippen LogP contribution >= 0.6 is 0 Å². The molecule has 2 N–H and O–H groups in total. The molecule has 0 saturated carbocycles. The van der Waals surface area contributed by atoms with Crippen molar-refractivity contribution < 1.29 is 17.6 Å². The Kier molecular flexibility index (Phi) is 1.73. The Morgan fingerprint density at radius 3 is 2.86 bits per heavy atom. The Bertz CT molecular complexity index is 587. The minimum atomic E-state index is -3.86. The van der Waals surface area contributed by atoms with E-state index in [2.05, 4.69) is 0 Å². The van der Waals surface area contributed by atoms with E-state index in [-0.39, 0.29) is 5.09 Å². The maximum Gasteiger partial charge on any atom is 0.271 e. The lowest BCUT2D eigenvalue weighted by Crippen LogP contribution is -2.23. The Labute approximate surface area is 79.2 Å². The summed E-state index contributed by atoms with van der Waals surface area (Å²) in [6.07, 6.45) is 2.41. The standard InChI is InChI=1S/C7H6N2O4S/c8-14(11,12)7-3-5-4-9(10)2-1-6(5)13-7/h1-4H,(H2,8,11,12). The van der Waals surface area contributed by atoms with Crippen LogP contribution < -0.4 is 9.87 Å². The molecular formula is C7H6N2O4S. The van der Waals surface area contributed by atoms with E-state index in [1.807, 2.05) is 0 Å². The molecule has 0 aliphatic heterocycles. The zero-order valence-corrected chi connectivity index (χ0v) is 7.69. The number of furan rings is 1. The average molecular weight is 214 g/mol. The smallest absolute Gasteiger partial charge is 0.271 e. The molecular weight excluding hydrogens is 208 g/mol. The maximum absolute atomic E-state index is 10.9. The van der Waals surface area contributed by atoms with Gasteiger partial charge in [-0.1, -0.05) is 0 Å². The highest BCUT2D eigenvalue weighted by Crippen LogP contribution is 2.19. The Balaban J connectivity index is 2.75. The minimum absolute atomic E-state index is 0.307. The van der Waals surface area contributed by atoms with Gasteiger partial charge in [0.05, 0.1) is 5.39 Å². The molecule has 0 amide bonds. The van der Waals surface area contributed by atoms with Crippen LogP contribution in [0.4, 0.5) is 0 Å². The predicted octanol–water partition coefficient (Wildman–Crippen LogP) is -0.286. The van der Waals surface area contributed by atoms with Crippen LogP contribution in [0.3, 0.4) is 0 Å². The van der Waals surface area contributed by atoms with Gasteiger partial charge in [-0.15, -0.1) is 0 Å². The summed E-state index contributed by atoms with van der Waals surface area (Å²) in [5.74, 6) is 0. The van der Waals surface area contributed by atoms with Crippen LogP contribution in [0, 0.1) is 5.21 Å². The monoisotopic (exact) mass is 214 g/mol. The number of primary sulfonamides is 1. The zero-order valence-electron chi connectivity index (χ0n) is 6.88. The Morgan fingerprint density at radius 2 is 2.21 bits per heavy atom. The first kappa shape index (κ1) is 8.97. The van der Waals surface area contributed by atoms with Crippen molar-refractivity contribution in [3.05, 3.63) is 29.7 Å². The summed E-state index contributed by atoms with van der Waals surface area (Å²) < 4.78 is 27.2. The van der Waals surface area contributed by atoms with Crippen molar-refractivity contribution in [2.45, 2.75) is 5.09 Å². The van der Waals surface area contributed by atoms with Gasteiger partial charge in [0.15, 0.2) is 12.4 Å². The molecule has 0 fully saturated rings. The van der Waals surface area contributed by atoms with E-state index < -0.39 is 10.0 Å². The number of hydrogen-bond donors (Lipinski definition) is 1. The summed E-state index contributed by atoms with van der Waals surface area (Å²) in [6.45, 7) is 0. The van der Waals surface area contributed by atoms with Gasteiger partial charge in [0, 0.05) is 12.1 Å². The van der Waals surface area contributed by atoms with Crippen molar-refractivity contribution in [1.29, 1.82) is 0 Å². The van der Waals surface area contributed by atoms with Crippen LogP contribution in [-0.2, 0) is 10.0 Å². The fraction of sp³-hybridized carbons (Fsp3) is 0. The summed E-state index contributed by atoms with van der Waals surface area (Å²) in [4.78, 5) is 0. The molecule has 0 aliphatic carbocycles. The van der Waals surface area contributed by atoms with Crippen molar-refractivity contribution in [3.63, 3.8) is 0 Å². The lowest BCUT2D eigenvalue weighted by molar-refractivity contribution is -0.603. The van der Waals surface area contributed by atoms with E-state index in [0.29, 0.717) is 15.7 Å². The lowest BCUT2D eigenvalue weighted by Gasteiger charge is -1.91. The second kappa shape index (κ2) is 2.69. The summed E-state index contributed by atoms with van der Waals surface area (Å²) in [6, 6.07) is 2.58. The van der Waals surface area contributed by atoms with Crippen molar-refractivity contribution in [2.75, 3.05) is 0 Å². The molecule has 2 rings (SSSR count). The van der Waals surface area contributed by atoms with Gasteiger partial charge in [-0.3, -0.25) is 0 Å². The van der Waals surface area contributed by atoms with E-state index in [9.17, 15) is 13.6 Å². The van der Waals surface area contributed by atoms with Crippen LogP contribution in [0.2, 0.25) is 0 Å². The number of hydrogen-bond acceptors (Lipinski definition) is 4. The summed E-state index contributed by atoms with van der Waals surface area (Å²) in [5, 5.41) is 15.7. The van der Waals surface area contributed by atoms with Crippen LogP contribution in [0.15, 0.2) is 34.0 Å². The first-order valence-electron chi connectivity index (χ1n) is 3.62. The molecule has 0 spiro atoms. The molecule has 0 atom stereocenters. The third kappa shape index (κ3) is 1.42. The summed E-state index contributed by atoms with van der Waals surface area (Å²) in [7, 11) is -3.86. The molecule has 0 radical (unpaired) electrons. The Hall–Kier alpha value is -1.60. The van der Waals surface area contributed by atoms with Gasteiger partial charge in [0.25, 0.3) is 10.0 Å². The molecule has 7 heteroatoms. The third-order valence-electron chi connectivity index (χ3n) is 1.69. The van der Waals surface area contributed by atoms with Gasteiger partial charge >= 0.3 is 0 Å². The molecule has 0 aromatic carbocycles. The Morgan fingerprint density at radius 1 is 1.50 bits per heavy atom. The predicted molar refractivity (Wildman–Crippen MR) is 46.5 cm³/mol. The second-order valence-electron chi connectivity index (χ2n) is 2.73. The fourth-order valence-electron chi connectivity index (χ4n) is 1.09. The quantitative estimate of drug-likeness (QED) is 0.520. The zero-order chi connectivity index (χ0) is 10.3. The number of rotatable bonds is 1. The van der Waals surface area contributed by atoms with Gasteiger partial charge in [0.2, 0.25) is 5.09 Å². The SMILES string of the molecule is NS(=O)(=O)c1cc2c[n+]([O-])ccc2o1. The van der Waals surface area contributed by atoms with Crippen molar-refractivity contribution in [1.82, 2.24) is 0 Å². The number of fused-ring (bicyclic) bond motifs is 1. The topological polar surface area (TPSA) is 100 Å². The second-order valence-corrected chi connectivity index (χ2v) is 4.23. The lowest BCUT2D eigenvalue weighted by atomic mass is 10.3. The molecule has 74 valence electrons. The van der Waals surface area contributed by atoms with Gasteiger partial charge in [-0.05, 0) is 0 Å². The number of nitrogens with zero attached hydrogens (tertiary/aromatic N) is 1. The number of nitrogens with two attached hydrogens (primary N) is 1. The molecule has 2 heterocycles. The normalized spacial score (nSPS) is 12.1. The molecule has 0 aliphatic rings. The van der Waals surface area contributed by atoms with Crippen molar-refractivity contribution in [3.8, 4) is 0 Å². The highest BCUT2D eigenvalue weighted by Gasteiger charge is 2.15. The number of sulfonamides is 1. The summed E-state index contributed by atoms with van der Waals surface area (Å²) >= 11 is 0. The van der Waals surface area contributed by atoms with Crippen LogP contribution in [-0.4, -0.2) is 8.42 Å². The number of aromatic nitrogens is 1. The van der Waals surface area contributed by atoms with Crippen LogP contribution in [0.25, 0.3) is 11.0 Å². The van der Waals surface area contributed by atoms with Gasteiger partial charge in [-0.2, -0.15) is 4.73 Å². The highest BCUT2D eigenvalue weighted by atomic mass is 32.2. The first-order chi connectivity index (χ1) is 6.47. The van der Waals surface area contributed by atoms with E-state index in [4.69, 9.17) is 9.56 Å². The molecule has 6 nitrogen and oxygen atoms in total. The van der Waals surface area contributed by atoms with Crippen LogP contribution in [0.1, 0.15) is 0 Å². The number of pyridine rings is 1. The molecule has 0 saturated heterocycles. The van der Waals surface area contributed by atoms with Crippen LogP contribution in [0.5, 0.6) is 0 Å². The van der Waals surface area contributed by atoms with E-state index >= 15 is 0 Å². The van der Waals surface area contributed by atoms with Crippen molar-refractivity contribution in [2.24, 2.45) is 5.14 Å². The highest BCUT2D eigenvalue weighted by molar-refractivity contribution is 7.89. The maximum atomic E-state index is 10.9. The molecule has 0 unspecified atom stereocenters. The van der Waals surface area contributed by atoms with Gasteiger partial charge < -0.3 is 9.62 Å². The average Bonchev–Trinajstić information content (AvgIpc) is 2.45. The molecule has 0 bridgehead atoms. The summed E-state index contributed by atoms with van der Waals surface area (Å²) in [5.41, 5.74) is 0.307. The van der Waals surface area contributed by atoms with E-state index in [0.717, 1.165) is 0 Å². The molecule has 2 aromatic rings. The first-order valence-corrected chi connectivity index (χ1v) is 5.16. The largest absolute Gasteiger partial charge is 0.619 e. The minimum Gasteiger partial charge on any atom is -0.619 e. The van der Waals surface area contributed by atoms with E-state index in [1.54, 1.807) is 0 Å². The third-order valence-corrected chi connectivity index (χ3v) is 2.45. The fourth-order valence-corrected chi connectivity index (χ4v) is 1.58. The van der Waals surface area contributed by atoms with Gasteiger partial charge in [0.1, 0.15) is 5.58 Å². The molecule has 2 aromatic heterocycles. The van der Waals surface area contributed by atoms with E-state index in [1.165, 1.54) is 24.5 Å².